The molecular weight excluding hydrogens is 351 g/mol. The fourth-order valence-electron chi connectivity index (χ4n) is 2.56. The first-order chi connectivity index (χ1) is 9.06. The molecular formula is C16H21IO2. The van der Waals surface area contributed by atoms with Gasteiger partial charge < -0.3 is 4.74 Å². The van der Waals surface area contributed by atoms with Gasteiger partial charge in [0.1, 0.15) is 6.61 Å². The minimum atomic E-state index is 0.0858. The van der Waals surface area contributed by atoms with E-state index in [2.05, 4.69) is 36.4 Å². The van der Waals surface area contributed by atoms with E-state index in [1.807, 2.05) is 24.3 Å². The maximum Gasteiger partial charge on any atom is 0.188 e. The molecule has 0 saturated heterocycles. The second-order valence-corrected chi connectivity index (χ2v) is 6.88. The van der Waals surface area contributed by atoms with E-state index in [-0.39, 0.29) is 18.5 Å². The van der Waals surface area contributed by atoms with Gasteiger partial charge in [-0.05, 0) is 65.8 Å². The summed E-state index contributed by atoms with van der Waals surface area (Å²) in [6.07, 6.45) is 3.65. The van der Waals surface area contributed by atoms with E-state index in [9.17, 15) is 4.79 Å². The molecule has 1 aromatic carbocycles. The molecule has 0 aromatic heterocycles. The smallest absolute Gasteiger partial charge is 0.188 e. The number of rotatable bonds is 4. The van der Waals surface area contributed by atoms with Crippen LogP contribution in [0.3, 0.4) is 0 Å². The molecule has 0 N–H and O–H groups in total. The third-order valence-electron chi connectivity index (χ3n) is 4.17. The van der Waals surface area contributed by atoms with Crippen molar-refractivity contribution >= 4 is 28.4 Å². The third kappa shape index (κ3) is 4.28. The van der Waals surface area contributed by atoms with Crippen LogP contribution >= 0.6 is 22.6 Å². The van der Waals surface area contributed by atoms with Crippen LogP contribution in [-0.4, -0.2) is 18.5 Å². The van der Waals surface area contributed by atoms with Crippen molar-refractivity contribution < 1.29 is 9.53 Å². The van der Waals surface area contributed by atoms with Gasteiger partial charge in [-0.25, -0.2) is 0 Å². The Morgan fingerprint density at radius 2 is 1.89 bits per heavy atom. The quantitative estimate of drug-likeness (QED) is 0.582. The van der Waals surface area contributed by atoms with Crippen molar-refractivity contribution in [3.63, 3.8) is 0 Å². The summed E-state index contributed by atoms with van der Waals surface area (Å²) in [4.78, 5) is 12.0. The van der Waals surface area contributed by atoms with Crippen molar-refractivity contribution in [2.45, 2.75) is 39.2 Å². The lowest BCUT2D eigenvalue weighted by molar-refractivity contribution is 0.00708. The lowest BCUT2D eigenvalue weighted by Gasteiger charge is -2.31. The SMILES string of the molecule is CC1CCC(OCC(=O)c2ccc(I)cc2)CC1C. The summed E-state index contributed by atoms with van der Waals surface area (Å²) in [7, 11) is 0. The van der Waals surface area contributed by atoms with Crippen LogP contribution in [0.5, 0.6) is 0 Å². The number of hydrogen-bond donors (Lipinski definition) is 0. The van der Waals surface area contributed by atoms with Gasteiger partial charge >= 0.3 is 0 Å². The van der Waals surface area contributed by atoms with Crippen LogP contribution < -0.4 is 0 Å². The molecule has 3 unspecified atom stereocenters. The summed E-state index contributed by atoms with van der Waals surface area (Å²) in [6, 6.07) is 7.66. The summed E-state index contributed by atoms with van der Waals surface area (Å²) >= 11 is 2.24. The first kappa shape index (κ1) is 15.0. The minimum absolute atomic E-state index is 0.0858. The van der Waals surface area contributed by atoms with Crippen LogP contribution in [0.4, 0.5) is 0 Å². The Morgan fingerprint density at radius 3 is 2.53 bits per heavy atom. The zero-order valence-corrected chi connectivity index (χ0v) is 13.7. The normalized spacial score (nSPS) is 27.2. The van der Waals surface area contributed by atoms with Gasteiger partial charge in [-0.3, -0.25) is 4.79 Å². The van der Waals surface area contributed by atoms with Crippen LogP contribution in [-0.2, 0) is 4.74 Å². The number of halogens is 1. The summed E-state index contributed by atoms with van der Waals surface area (Å²) in [5.74, 6) is 1.57. The Balaban J connectivity index is 1.82. The molecule has 1 aliphatic carbocycles. The second kappa shape index (κ2) is 6.84. The largest absolute Gasteiger partial charge is 0.370 e. The highest BCUT2D eigenvalue weighted by molar-refractivity contribution is 14.1. The molecule has 3 atom stereocenters. The Labute approximate surface area is 129 Å². The molecule has 1 fully saturated rings. The van der Waals surface area contributed by atoms with E-state index in [0.717, 1.165) is 27.9 Å². The first-order valence-electron chi connectivity index (χ1n) is 6.96. The van der Waals surface area contributed by atoms with E-state index < -0.39 is 0 Å². The van der Waals surface area contributed by atoms with E-state index in [1.165, 1.54) is 6.42 Å². The van der Waals surface area contributed by atoms with Gasteiger partial charge in [0.2, 0.25) is 0 Å². The molecule has 0 aliphatic heterocycles. The lowest BCUT2D eigenvalue weighted by atomic mass is 9.80. The number of ether oxygens (including phenoxy) is 1. The topological polar surface area (TPSA) is 26.3 Å². The van der Waals surface area contributed by atoms with Crippen LogP contribution in [0.1, 0.15) is 43.5 Å². The average molecular weight is 372 g/mol. The molecule has 0 bridgehead atoms. The maximum absolute atomic E-state index is 12.0. The van der Waals surface area contributed by atoms with Crippen molar-refractivity contribution in [1.29, 1.82) is 0 Å². The van der Waals surface area contributed by atoms with Gasteiger partial charge in [0.05, 0.1) is 6.10 Å². The van der Waals surface area contributed by atoms with Gasteiger partial charge in [0.25, 0.3) is 0 Å². The average Bonchev–Trinajstić information content (AvgIpc) is 2.40. The molecule has 0 radical (unpaired) electrons. The molecule has 0 heterocycles. The predicted molar refractivity (Wildman–Crippen MR) is 85.4 cm³/mol. The van der Waals surface area contributed by atoms with Gasteiger partial charge in [0, 0.05) is 9.13 Å². The van der Waals surface area contributed by atoms with Crippen molar-refractivity contribution in [1.82, 2.24) is 0 Å². The van der Waals surface area contributed by atoms with Gasteiger partial charge in [-0.15, -0.1) is 0 Å². The molecule has 0 amide bonds. The molecule has 1 aromatic rings. The number of carbonyl (C=O) groups is 1. The highest BCUT2D eigenvalue weighted by atomic mass is 127. The summed E-state index contributed by atoms with van der Waals surface area (Å²) in [5.41, 5.74) is 0.748. The predicted octanol–water partition coefficient (Wildman–Crippen LogP) is 4.32. The number of Topliss-reactive ketones (excluding diaryl/α,β-unsaturated/α-hetero) is 1. The van der Waals surface area contributed by atoms with Crippen LogP contribution in [0.25, 0.3) is 0 Å². The standard InChI is InChI=1S/C16H21IO2/c1-11-3-8-15(9-12(11)2)19-10-16(18)13-4-6-14(17)7-5-13/h4-7,11-12,15H,3,8-10H2,1-2H3. The Hall–Kier alpha value is -0.420. The van der Waals surface area contributed by atoms with Crippen molar-refractivity contribution in [2.24, 2.45) is 11.8 Å². The highest BCUT2D eigenvalue weighted by Crippen LogP contribution is 2.30. The Bertz CT molecular complexity index is 427. The Kier molecular flexibility index (Phi) is 5.39. The van der Waals surface area contributed by atoms with Crippen molar-refractivity contribution in [2.75, 3.05) is 6.61 Å². The zero-order valence-electron chi connectivity index (χ0n) is 11.6. The molecule has 2 rings (SSSR count). The fourth-order valence-corrected chi connectivity index (χ4v) is 2.92. The summed E-state index contributed by atoms with van der Waals surface area (Å²) < 4.78 is 6.94. The minimum Gasteiger partial charge on any atom is -0.370 e. The van der Waals surface area contributed by atoms with Crippen LogP contribution in [0, 0.1) is 15.4 Å². The summed E-state index contributed by atoms with van der Waals surface area (Å²) in [6.45, 7) is 4.80. The van der Waals surface area contributed by atoms with Gasteiger partial charge in [-0.2, -0.15) is 0 Å². The zero-order chi connectivity index (χ0) is 13.8. The lowest BCUT2D eigenvalue weighted by Crippen LogP contribution is -2.28. The number of ketones is 1. The van der Waals surface area contributed by atoms with Gasteiger partial charge in [-0.1, -0.05) is 26.0 Å². The van der Waals surface area contributed by atoms with E-state index >= 15 is 0 Å². The monoisotopic (exact) mass is 372 g/mol. The van der Waals surface area contributed by atoms with Crippen LogP contribution in [0.15, 0.2) is 24.3 Å². The van der Waals surface area contributed by atoms with E-state index in [1.54, 1.807) is 0 Å². The van der Waals surface area contributed by atoms with Crippen molar-refractivity contribution in [3.8, 4) is 0 Å². The molecule has 1 aliphatic rings. The third-order valence-corrected chi connectivity index (χ3v) is 4.89. The molecule has 3 heteroatoms. The molecule has 19 heavy (non-hydrogen) atoms. The molecule has 0 spiro atoms. The molecule has 104 valence electrons. The molecule has 1 saturated carbocycles. The maximum atomic E-state index is 12.0. The van der Waals surface area contributed by atoms with Gasteiger partial charge in [0.15, 0.2) is 5.78 Å². The number of hydrogen-bond acceptors (Lipinski definition) is 2. The number of carbonyl (C=O) groups excluding carboxylic acids is 1. The van der Waals surface area contributed by atoms with E-state index in [0.29, 0.717) is 5.92 Å². The van der Waals surface area contributed by atoms with E-state index in [4.69, 9.17) is 4.74 Å². The van der Waals surface area contributed by atoms with Crippen LogP contribution in [0.2, 0.25) is 0 Å². The molecule has 2 nitrogen and oxygen atoms in total. The summed E-state index contributed by atoms with van der Waals surface area (Å²) in [5, 5.41) is 0. The van der Waals surface area contributed by atoms with Crippen molar-refractivity contribution in [3.05, 3.63) is 33.4 Å². The fraction of sp³-hybridized carbons (Fsp3) is 0.562. The first-order valence-corrected chi connectivity index (χ1v) is 8.04. The number of benzene rings is 1. The Morgan fingerprint density at radius 1 is 1.21 bits per heavy atom. The second-order valence-electron chi connectivity index (χ2n) is 5.63. The highest BCUT2D eigenvalue weighted by Gasteiger charge is 2.25.